The number of halogens is 3. The van der Waals surface area contributed by atoms with Crippen molar-refractivity contribution in [3.63, 3.8) is 0 Å². The molecule has 2 aromatic rings. The number of aliphatic hydroxyl groups is 1. The van der Waals surface area contributed by atoms with Crippen molar-refractivity contribution in [3.8, 4) is 17.0 Å². The highest BCUT2D eigenvalue weighted by atomic mass is 19.4. The largest absolute Gasteiger partial charge is 0.573 e. The van der Waals surface area contributed by atoms with E-state index in [1.165, 1.54) is 24.3 Å². The zero-order valence-electron chi connectivity index (χ0n) is 10.9. The third-order valence-corrected chi connectivity index (χ3v) is 2.64. The summed E-state index contributed by atoms with van der Waals surface area (Å²) in [5.74, 6) is -0.231. The van der Waals surface area contributed by atoms with Crippen LogP contribution in [0, 0.1) is 0 Å². The van der Waals surface area contributed by atoms with Crippen molar-refractivity contribution in [2.75, 3.05) is 0 Å². The lowest BCUT2D eigenvalue weighted by molar-refractivity contribution is -0.274. The van der Waals surface area contributed by atoms with Gasteiger partial charge in [0.15, 0.2) is 5.76 Å². The number of benzene rings is 1. The Morgan fingerprint density at radius 1 is 1.33 bits per heavy atom. The number of hydrogen-bond donors (Lipinski definition) is 1. The van der Waals surface area contributed by atoms with E-state index in [0.29, 0.717) is 6.42 Å². The molecule has 0 atom stereocenters. The van der Waals surface area contributed by atoms with Crippen LogP contribution in [0.4, 0.5) is 13.2 Å². The lowest BCUT2D eigenvalue weighted by atomic mass is 10.0. The summed E-state index contributed by atoms with van der Waals surface area (Å²) in [7, 11) is 0. The molecule has 1 N–H and O–H groups in total. The van der Waals surface area contributed by atoms with E-state index < -0.39 is 13.0 Å². The topological polar surface area (TPSA) is 55.5 Å². The van der Waals surface area contributed by atoms with Gasteiger partial charge in [-0.25, -0.2) is 0 Å². The average Bonchev–Trinajstić information content (AvgIpc) is 2.88. The third kappa shape index (κ3) is 3.85. The van der Waals surface area contributed by atoms with E-state index in [4.69, 9.17) is 9.63 Å². The van der Waals surface area contributed by atoms with Gasteiger partial charge in [-0.05, 0) is 24.1 Å². The minimum Gasteiger partial charge on any atom is -0.405 e. The highest BCUT2D eigenvalue weighted by Crippen LogP contribution is 2.34. The van der Waals surface area contributed by atoms with Gasteiger partial charge >= 0.3 is 6.36 Å². The van der Waals surface area contributed by atoms with Crippen LogP contribution in [0.15, 0.2) is 41.4 Å². The standard InChI is InChI=1S/C14H12F3NO3/c1-2-3-9-4-5-13(20-14(15,16)17)11(6-9)12-7-10(8-19)21-18-12/h2,4-7,19H,1,3,8H2. The van der Waals surface area contributed by atoms with Crippen LogP contribution in [0.25, 0.3) is 11.3 Å². The fraction of sp³-hybridized carbons (Fsp3) is 0.214. The highest BCUT2D eigenvalue weighted by molar-refractivity contribution is 5.68. The second-order valence-corrected chi connectivity index (χ2v) is 4.21. The molecule has 1 heterocycles. The minimum atomic E-state index is -4.81. The van der Waals surface area contributed by atoms with Gasteiger partial charge in [0, 0.05) is 11.6 Å². The zero-order chi connectivity index (χ0) is 15.5. The Balaban J connectivity index is 2.47. The van der Waals surface area contributed by atoms with Gasteiger partial charge in [0.25, 0.3) is 0 Å². The number of aliphatic hydroxyl groups excluding tert-OH is 1. The Morgan fingerprint density at radius 2 is 2.10 bits per heavy atom. The predicted octanol–water partition coefficient (Wildman–Crippen LogP) is 3.46. The van der Waals surface area contributed by atoms with Crippen molar-refractivity contribution in [1.82, 2.24) is 5.16 Å². The maximum absolute atomic E-state index is 12.4. The third-order valence-electron chi connectivity index (χ3n) is 2.64. The fourth-order valence-corrected chi connectivity index (χ4v) is 1.80. The number of alkyl halides is 3. The first-order chi connectivity index (χ1) is 9.93. The Bertz CT molecular complexity index is 635. The molecule has 21 heavy (non-hydrogen) atoms. The van der Waals surface area contributed by atoms with Crippen molar-refractivity contribution in [1.29, 1.82) is 0 Å². The maximum Gasteiger partial charge on any atom is 0.573 e. The summed E-state index contributed by atoms with van der Waals surface area (Å²) in [6.45, 7) is 3.19. The van der Waals surface area contributed by atoms with Crippen molar-refractivity contribution < 1.29 is 27.5 Å². The molecule has 0 radical (unpaired) electrons. The first-order valence-corrected chi connectivity index (χ1v) is 5.99. The predicted molar refractivity (Wildman–Crippen MR) is 68.4 cm³/mol. The van der Waals surface area contributed by atoms with Crippen LogP contribution in [0.3, 0.4) is 0 Å². The van der Waals surface area contributed by atoms with E-state index in [-0.39, 0.29) is 22.8 Å². The monoisotopic (exact) mass is 299 g/mol. The normalized spacial score (nSPS) is 11.4. The number of ether oxygens (including phenoxy) is 1. The van der Waals surface area contributed by atoms with E-state index in [0.717, 1.165) is 5.56 Å². The highest BCUT2D eigenvalue weighted by Gasteiger charge is 2.32. The van der Waals surface area contributed by atoms with Crippen LogP contribution in [-0.4, -0.2) is 16.6 Å². The molecular weight excluding hydrogens is 287 g/mol. The summed E-state index contributed by atoms with van der Waals surface area (Å²) in [6, 6.07) is 5.60. The van der Waals surface area contributed by atoms with Gasteiger partial charge in [0.05, 0.1) is 0 Å². The van der Waals surface area contributed by atoms with Crippen molar-refractivity contribution in [2.24, 2.45) is 0 Å². The second kappa shape index (κ2) is 6.01. The van der Waals surface area contributed by atoms with Crippen molar-refractivity contribution in [3.05, 3.63) is 48.2 Å². The van der Waals surface area contributed by atoms with Gasteiger partial charge in [-0.15, -0.1) is 19.8 Å². The molecule has 0 fully saturated rings. The molecule has 2 rings (SSSR count). The molecule has 7 heteroatoms. The maximum atomic E-state index is 12.4. The molecule has 0 spiro atoms. The average molecular weight is 299 g/mol. The van der Waals surface area contributed by atoms with Crippen LogP contribution >= 0.6 is 0 Å². The first kappa shape index (κ1) is 15.1. The van der Waals surface area contributed by atoms with Gasteiger partial charge in [-0.2, -0.15) is 0 Å². The van der Waals surface area contributed by atoms with Crippen LogP contribution in [0.5, 0.6) is 5.75 Å². The van der Waals surface area contributed by atoms with E-state index >= 15 is 0 Å². The summed E-state index contributed by atoms with van der Waals surface area (Å²) in [6.07, 6.45) is -2.69. The van der Waals surface area contributed by atoms with E-state index in [2.05, 4.69) is 16.5 Å². The number of hydrogen-bond acceptors (Lipinski definition) is 4. The van der Waals surface area contributed by atoms with Gasteiger partial charge in [-0.1, -0.05) is 17.3 Å². The number of nitrogens with zero attached hydrogens (tertiary/aromatic N) is 1. The molecule has 1 aromatic heterocycles. The number of allylic oxidation sites excluding steroid dienone is 1. The molecule has 0 aliphatic heterocycles. The number of rotatable bonds is 5. The Hall–Kier alpha value is -2.28. The molecule has 0 saturated heterocycles. The van der Waals surface area contributed by atoms with E-state index in [9.17, 15) is 13.2 Å². The molecule has 0 bridgehead atoms. The molecule has 112 valence electrons. The van der Waals surface area contributed by atoms with Crippen molar-refractivity contribution >= 4 is 0 Å². The molecule has 4 nitrogen and oxygen atoms in total. The van der Waals surface area contributed by atoms with Gasteiger partial charge in [0.1, 0.15) is 18.1 Å². The lowest BCUT2D eigenvalue weighted by Crippen LogP contribution is -2.17. The molecule has 0 aliphatic rings. The Morgan fingerprint density at radius 3 is 2.67 bits per heavy atom. The number of aromatic nitrogens is 1. The summed E-state index contributed by atoms with van der Waals surface area (Å²) in [5.41, 5.74) is 1.04. The van der Waals surface area contributed by atoms with Gasteiger partial charge < -0.3 is 14.4 Å². The molecular formula is C14H12F3NO3. The zero-order valence-corrected chi connectivity index (χ0v) is 10.9. The molecule has 0 unspecified atom stereocenters. The quantitative estimate of drug-likeness (QED) is 0.859. The van der Waals surface area contributed by atoms with E-state index in [1.54, 1.807) is 6.08 Å². The Kier molecular flexibility index (Phi) is 4.32. The minimum absolute atomic E-state index is 0.134. The summed E-state index contributed by atoms with van der Waals surface area (Å²) >= 11 is 0. The SMILES string of the molecule is C=CCc1ccc(OC(F)(F)F)c(-c2cc(CO)on2)c1. The summed E-state index contributed by atoms with van der Waals surface area (Å²) < 4.78 is 46.1. The lowest BCUT2D eigenvalue weighted by Gasteiger charge is -2.13. The van der Waals surface area contributed by atoms with Crippen LogP contribution in [0.2, 0.25) is 0 Å². The van der Waals surface area contributed by atoms with Crippen LogP contribution < -0.4 is 4.74 Å². The van der Waals surface area contributed by atoms with Crippen LogP contribution in [-0.2, 0) is 13.0 Å². The molecule has 0 aliphatic carbocycles. The smallest absolute Gasteiger partial charge is 0.405 e. The van der Waals surface area contributed by atoms with E-state index in [1.807, 2.05) is 0 Å². The summed E-state index contributed by atoms with van der Waals surface area (Å²) in [5, 5.41) is 12.6. The second-order valence-electron chi connectivity index (χ2n) is 4.21. The van der Waals surface area contributed by atoms with Crippen molar-refractivity contribution in [2.45, 2.75) is 19.4 Å². The van der Waals surface area contributed by atoms with Crippen LogP contribution in [0.1, 0.15) is 11.3 Å². The molecule has 0 saturated carbocycles. The molecule has 1 aromatic carbocycles. The first-order valence-electron chi connectivity index (χ1n) is 5.99. The Labute approximate surface area is 118 Å². The van der Waals surface area contributed by atoms with Gasteiger partial charge in [0.2, 0.25) is 0 Å². The van der Waals surface area contributed by atoms with Gasteiger partial charge in [-0.3, -0.25) is 0 Å². The fourth-order valence-electron chi connectivity index (χ4n) is 1.80. The summed E-state index contributed by atoms with van der Waals surface area (Å²) in [4.78, 5) is 0. The molecule has 0 amide bonds.